The van der Waals surface area contributed by atoms with Crippen LogP contribution in [0.3, 0.4) is 0 Å². The molecule has 0 aromatic heterocycles. The van der Waals surface area contributed by atoms with Crippen molar-refractivity contribution in [2.45, 2.75) is 88.9 Å². The molecule has 2 saturated heterocycles. The number of aliphatic hydroxyl groups is 1. The highest BCUT2D eigenvalue weighted by molar-refractivity contribution is 6.32. The Kier molecular flexibility index (Phi) is 9.94. The van der Waals surface area contributed by atoms with E-state index in [1.807, 2.05) is 29.2 Å². The maximum atomic E-state index is 13.8. The number of rotatable bonds is 10. The number of unbranched alkanes of at least 4 members (excludes halogenated alkanes) is 1. The highest BCUT2D eigenvalue weighted by Gasteiger charge is 2.55. The van der Waals surface area contributed by atoms with Gasteiger partial charge in [-0.05, 0) is 73.9 Å². The SMILES string of the molecule is CCCCN1C(=O)[C@@H]([C@H](O)C2CCCCC2)NC(=O)C12CCN(Cc1ccc(Oc3ccc(C(=O)O)cc3Cl)cc1)CC2. The van der Waals surface area contributed by atoms with Gasteiger partial charge in [0.05, 0.1) is 16.7 Å². The number of piperidine rings is 1. The number of carbonyl (C=O) groups excluding carboxylic acids is 2. The second-order valence-corrected chi connectivity index (χ2v) is 12.6. The fourth-order valence-corrected chi connectivity index (χ4v) is 7.02. The average molecular weight is 612 g/mol. The van der Waals surface area contributed by atoms with Crippen LogP contribution in [0.5, 0.6) is 11.5 Å². The van der Waals surface area contributed by atoms with Crippen LogP contribution in [0.15, 0.2) is 42.5 Å². The van der Waals surface area contributed by atoms with E-state index in [1.165, 1.54) is 18.2 Å². The molecule has 232 valence electrons. The second-order valence-electron chi connectivity index (χ2n) is 12.2. The number of hydrogen-bond acceptors (Lipinski definition) is 6. The van der Waals surface area contributed by atoms with Crippen LogP contribution in [0.1, 0.15) is 80.6 Å². The zero-order valence-corrected chi connectivity index (χ0v) is 25.5. The Balaban J connectivity index is 1.21. The monoisotopic (exact) mass is 611 g/mol. The summed E-state index contributed by atoms with van der Waals surface area (Å²) < 4.78 is 5.86. The molecular weight excluding hydrogens is 570 g/mol. The van der Waals surface area contributed by atoms with Crippen LogP contribution in [0.2, 0.25) is 5.02 Å². The molecule has 0 radical (unpaired) electrons. The van der Waals surface area contributed by atoms with E-state index in [4.69, 9.17) is 21.4 Å². The zero-order valence-electron chi connectivity index (χ0n) is 24.8. The first-order chi connectivity index (χ1) is 20.7. The van der Waals surface area contributed by atoms with Crippen LogP contribution < -0.4 is 10.1 Å². The summed E-state index contributed by atoms with van der Waals surface area (Å²) in [6.45, 7) is 4.64. The van der Waals surface area contributed by atoms with Crippen molar-refractivity contribution in [1.29, 1.82) is 0 Å². The van der Waals surface area contributed by atoms with Crippen molar-refractivity contribution in [3.8, 4) is 11.5 Å². The summed E-state index contributed by atoms with van der Waals surface area (Å²) in [6.07, 6.45) is 7.07. The molecule has 5 rings (SSSR count). The molecule has 3 fully saturated rings. The van der Waals surface area contributed by atoms with Crippen LogP contribution in [-0.4, -0.2) is 75.1 Å². The van der Waals surface area contributed by atoms with E-state index in [0.717, 1.165) is 50.5 Å². The lowest BCUT2D eigenvalue weighted by Gasteiger charge is -2.52. The highest BCUT2D eigenvalue weighted by atomic mass is 35.5. The maximum absolute atomic E-state index is 13.8. The summed E-state index contributed by atoms with van der Waals surface area (Å²) in [5, 5.41) is 23.5. The minimum Gasteiger partial charge on any atom is -0.478 e. The number of carboxylic acids is 1. The molecule has 2 aromatic rings. The Hall–Kier alpha value is -3.14. The molecule has 2 aromatic carbocycles. The average Bonchev–Trinajstić information content (AvgIpc) is 3.02. The van der Waals surface area contributed by atoms with Crippen molar-refractivity contribution in [2.24, 2.45) is 5.92 Å². The number of likely N-dealkylation sites (tertiary alicyclic amines) is 1. The van der Waals surface area contributed by atoms with Crippen LogP contribution in [0.25, 0.3) is 0 Å². The van der Waals surface area contributed by atoms with Crippen molar-refractivity contribution in [3.63, 3.8) is 0 Å². The summed E-state index contributed by atoms with van der Waals surface area (Å²) in [5.74, 6) is -0.295. The van der Waals surface area contributed by atoms with Gasteiger partial charge in [0, 0.05) is 26.2 Å². The third-order valence-corrected chi connectivity index (χ3v) is 9.68. The molecule has 1 aliphatic carbocycles. The van der Waals surface area contributed by atoms with Crippen molar-refractivity contribution in [3.05, 3.63) is 58.6 Å². The van der Waals surface area contributed by atoms with Gasteiger partial charge in [-0.25, -0.2) is 4.79 Å². The smallest absolute Gasteiger partial charge is 0.335 e. The molecule has 43 heavy (non-hydrogen) atoms. The first kappa shape index (κ1) is 31.3. The zero-order chi connectivity index (χ0) is 30.6. The third kappa shape index (κ3) is 6.84. The van der Waals surface area contributed by atoms with Crippen molar-refractivity contribution >= 4 is 29.4 Å². The van der Waals surface area contributed by atoms with E-state index < -0.39 is 23.7 Å². The van der Waals surface area contributed by atoms with Crippen molar-refractivity contribution < 1.29 is 29.3 Å². The largest absolute Gasteiger partial charge is 0.478 e. The number of carbonyl (C=O) groups is 3. The summed E-state index contributed by atoms with van der Waals surface area (Å²) in [5.41, 5.74) is 0.299. The molecule has 3 N–H and O–H groups in total. The fraction of sp³-hybridized carbons (Fsp3) is 0.545. The van der Waals surface area contributed by atoms with E-state index in [0.29, 0.717) is 50.5 Å². The molecule has 2 amide bonds. The molecular formula is C33H42ClN3O6. The number of hydrogen-bond donors (Lipinski definition) is 3. The summed E-state index contributed by atoms with van der Waals surface area (Å²) in [7, 11) is 0. The molecule has 1 spiro atoms. The summed E-state index contributed by atoms with van der Waals surface area (Å²) >= 11 is 6.20. The number of benzene rings is 2. The summed E-state index contributed by atoms with van der Waals surface area (Å²) in [6, 6.07) is 11.1. The molecule has 2 atom stereocenters. The molecule has 10 heteroatoms. The van der Waals surface area contributed by atoms with Crippen LogP contribution in [0, 0.1) is 5.92 Å². The molecule has 0 bridgehead atoms. The number of ether oxygens (including phenoxy) is 1. The number of aromatic carboxylic acids is 1. The van der Waals surface area contributed by atoms with Gasteiger partial charge in [-0.15, -0.1) is 0 Å². The van der Waals surface area contributed by atoms with E-state index >= 15 is 0 Å². The normalized spacial score (nSPS) is 21.9. The molecule has 1 saturated carbocycles. The van der Waals surface area contributed by atoms with Gasteiger partial charge in [0.1, 0.15) is 23.1 Å². The number of piperazine rings is 1. The molecule has 2 heterocycles. The fourth-order valence-electron chi connectivity index (χ4n) is 6.80. The number of halogens is 1. The van der Waals surface area contributed by atoms with Gasteiger partial charge in [0.15, 0.2) is 0 Å². The number of nitrogens with zero attached hydrogens (tertiary/aromatic N) is 2. The third-order valence-electron chi connectivity index (χ3n) is 9.39. The predicted molar refractivity (Wildman–Crippen MR) is 163 cm³/mol. The molecule has 9 nitrogen and oxygen atoms in total. The van der Waals surface area contributed by atoms with Crippen LogP contribution in [-0.2, 0) is 16.1 Å². The van der Waals surface area contributed by atoms with Gasteiger partial charge in [0.25, 0.3) is 0 Å². The van der Waals surface area contributed by atoms with Gasteiger partial charge in [-0.2, -0.15) is 0 Å². The maximum Gasteiger partial charge on any atom is 0.335 e. The molecule has 3 aliphatic rings. The lowest BCUT2D eigenvalue weighted by Crippen LogP contribution is -2.75. The quantitative estimate of drug-likeness (QED) is 0.336. The molecule has 0 unspecified atom stereocenters. The Labute approximate surface area is 258 Å². The highest BCUT2D eigenvalue weighted by Crippen LogP contribution is 2.37. The van der Waals surface area contributed by atoms with Gasteiger partial charge < -0.3 is 25.2 Å². The Morgan fingerprint density at radius 2 is 1.79 bits per heavy atom. The lowest BCUT2D eigenvalue weighted by molar-refractivity contribution is -0.166. The minimum absolute atomic E-state index is 0.0539. The number of aliphatic hydroxyl groups excluding tert-OH is 1. The van der Waals surface area contributed by atoms with E-state index in [9.17, 15) is 19.5 Å². The van der Waals surface area contributed by atoms with Crippen molar-refractivity contribution in [1.82, 2.24) is 15.1 Å². The van der Waals surface area contributed by atoms with Gasteiger partial charge in [0.2, 0.25) is 11.8 Å². The topological polar surface area (TPSA) is 119 Å². The standard InChI is InChI=1S/C33H42ClN3O6/c1-2-3-17-37-30(39)28(29(38)23-7-5-4-6-8-23)35-32(42)33(37)15-18-36(19-16-33)21-22-9-12-25(13-10-22)43-27-14-11-24(31(40)41)20-26(27)34/h9-14,20,23,28-29,38H,2-8,15-19,21H2,1H3,(H,35,42)(H,40,41)/t28-,29-/m1/s1. The van der Waals surface area contributed by atoms with Gasteiger partial charge >= 0.3 is 5.97 Å². The molecule has 2 aliphatic heterocycles. The minimum atomic E-state index is -1.05. The van der Waals surface area contributed by atoms with Crippen LogP contribution >= 0.6 is 11.6 Å². The second kappa shape index (κ2) is 13.7. The Morgan fingerprint density at radius 1 is 1.09 bits per heavy atom. The van der Waals surface area contributed by atoms with E-state index in [2.05, 4.69) is 17.1 Å². The predicted octanol–water partition coefficient (Wildman–Crippen LogP) is 5.23. The first-order valence-electron chi connectivity index (χ1n) is 15.5. The lowest BCUT2D eigenvalue weighted by atomic mass is 9.78. The van der Waals surface area contributed by atoms with E-state index in [1.54, 1.807) is 0 Å². The Morgan fingerprint density at radius 3 is 2.42 bits per heavy atom. The Bertz CT molecular complexity index is 1300. The van der Waals surface area contributed by atoms with E-state index in [-0.39, 0.29) is 28.3 Å². The summed E-state index contributed by atoms with van der Waals surface area (Å²) in [4.78, 5) is 42.8. The number of carboxylic acid groups (broad SMARTS) is 1. The number of amides is 2. The number of nitrogens with one attached hydrogen (secondary N) is 1. The van der Waals surface area contributed by atoms with Gasteiger partial charge in [-0.3, -0.25) is 14.5 Å². The first-order valence-corrected chi connectivity index (χ1v) is 15.9. The van der Waals surface area contributed by atoms with Gasteiger partial charge in [-0.1, -0.05) is 56.3 Å². The van der Waals surface area contributed by atoms with Crippen LogP contribution in [0.4, 0.5) is 0 Å². The van der Waals surface area contributed by atoms with Crippen molar-refractivity contribution in [2.75, 3.05) is 19.6 Å².